The fourth-order valence-electron chi connectivity index (χ4n) is 0.824. The van der Waals surface area contributed by atoms with Crippen LogP contribution in [0.5, 0.6) is 0 Å². The second kappa shape index (κ2) is 3.25. The highest BCUT2D eigenvalue weighted by Crippen LogP contribution is 2.23. The van der Waals surface area contributed by atoms with E-state index in [1.54, 1.807) is 0 Å². The van der Waals surface area contributed by atoms with Crippen molar-refractivity contribution in [3.63, 3.8) is 0 Å². The summed E-state index contributed by atoms with van der Waals surface area (Å²) in [6, 6.07) is 1.07. The number of anilines is 1. The Kier molecular flexibility index (Phi) is 2.32. The summed E-state index contributed by atoms with van der Waals surface area (Å²) in [4.78, 5) is 13.8. The van der Waals surface area contributed by atoms with Crippen molar-refractivity contribution in [2.24, 2.45) is 0 Å². The molecule has 0 radical (unpaired) electrons. The van der Waals surface area contributed by atoms with Gasteiger partial charge in [-0.05, 0) is 6.07 Å². The van der Waals surface area contributed by atoms with Gasteiger partial charge in [-0.15, -0.1) is 0 Å². The predicted molar refractivity (Wildman–Crippen MR) is 39.0 cm³/mol. The summed E-state index contributed by atoms with van der Waals surface area (Å²) in [7, 11) is 0. The van der Waals surface area contributed by atoms with E-state index in [0.717, 1.165) is 12.3 Å². The van der Waals surface area contributed by atoms with E-state index in [0.29, 0.717) is 0 Å². The second-order valence-corrected chi connectivity index (χ2v) is 2.12. The van der Waals surface area contributed by atoms with Gasteiger partial charge < -0.3 is 5.73 Å². The molecule has 1 heterocycles. The highest BCUT2D eigenvalue weighted by atomic mass is 19.3. The van der Waals surface area contributed by atoms with Crippen LogP contribution in [0.4, 0.5) is 14.6 Å². The number of aromatic nitrogens is 1. The van der Waals surface area contributed by atoms with Crippen molar-refractivity contribution in [3.8, 4) is 0 Å². The smallest absolute Gasteiger partial charge is 0.264 e. The van der Waals surface area contributed by atoms with Crippen molar-refractivity contribution in [2.45, 2.75) is 6.43 Å². The number of halogens is 2. The summed E-state index contributed by atoms with van der Waals surface area (Å²) in [6.07, 6.45) is -1.27. The zero-order valence-electron chi connectivity index (χ0n) is 6.00. The Morgan fingerprint density at radius 2 is 2.25 bits per heavy atom. The molecule has 0 aliphatic heterocycles. The Morgan fingerprint density at radius 3 is 2.67 bits per heavy atom. The minimum absolute atomic E-state index is 0.164. The average Bonchev–Trinajstić information content (AvgIpc) is 2.03. The molecule has 64 valence electrons. The maximum Gasteiger partial charge on any atom is 0.264 e. The Bertz CT molecular complexity index is 301. The maximum absolute atomic E-state index is 12.2. The monoisotopic (exact) mass is 172 g/mol. The Hall–Kier alpha value is -1.52. The number of carbonyl (C=O) groups excluding carboxylic acids is 1. The van der Waals surface area contributed by atoms with Crippen molar-refractivity contribution in [1.29, 1.82) is 0 Å². The van der Waals surface area contributed by atoms with Gasteiger partial charge in [-0.25, -0.2) is 13.8 Å². The molecule has 5 heteroatoms. The van der Waals surface area contributed by atoms with Crippen molar-refractivity contribution in [2.75, 3.05) is 5.73 Å². The van der Waals surface area contributed by atoms with Gasteiger partial charge in [0.2, 0.25) is 0 Å². The minimum Gasteiger partial charge on any atom is -0.383 e. The molecule has 0 aromatic carbocycles. The van der Waals surface area contributed by atoms with E-state index in [4.69, 9.17) is 5.73 Å². The number of alkyl halides is 2. The topological polar surface area (TPSA) is 56.0 Å². The zero-order valence-corrected chi connectivity index (χ0v) is 6.00. The quantitative estimate of drug-likeness (QED) is 0.686. The predicted octanol–water partition coefficient (Wildman–Crippen LogP) is 1.41. The average molecular weight is 172 g/mol. The van der Waals surface area contributed by atoms with Gasteiger partial charge in [0.05, 0.1) is 5.56 Å². The third-order valence-electron chi connectivity index (χ3n) is 1.41. The lowest BCUT2D eigenvalue weighted by Crippen LogP contribution is -2.01. The molecular weight excluding hydrogens is 166 g/mol. The molecule has 1 aromatic heterocycles. The van der Waals surface area contributed by atoms with Crippen LogP contribution in [-0.4, -0.2) is 11.3 Å². The van der Waals surface area contributed by atoms with Crippen LogP contribution < -0.4 is 5.73 Å². The van der Waals surface area contributed by atoms with Crippen LogP contribution in [0.15, 0.2) is 12.3 Å². The number of pyridine rings is 1. The lowest BCUT2D eigenvalue weighted by Gasteiger charge is -2.03. The first-order chi connectivity index (χ1) is 5.66. The van der Waals surface area contributed by atoms with Crippen LogP contribution in [0.2, 0.25) is 0 Å². The van der Waals surface area contributed by atoms with Crippen LogP contribution in [0.25, 0.3) is 0 Å². The largest absolute Gasteiger partial charge is 0.383 e. The molecule has 0 fully saturated rings. The molecule has 2 N–H and O–H groups in total. The van der Waals surface area contributed by atoms with Crippen molar-refractivity contribution >= 4 is 12.1 Å². The van der Waals surface area contributed by atoms with Gasteiger partial charge in [-0.1, -0.05) is 0 Å². The molecule has 1 rings (SSSR count). The Morgan fingerprint density at radius 1 is 1.58 bits per heavy atom. The number of nitrogens with two attached hydrogens (primary N) is 1. The number of carbonyl (C=O) groups is 1. The molecule has 0 aliphatic carbocycles. The minimum atomic E-state index is -2.70. The third kappa shape index (κ3) is 1.39. The van der Waals surface area contributed by atoms with Crippen molar-refractivity contribution in [3.05, 3.63) is 23.4 Å². The molecule has 0 bridgehead atoms. The van der Waals surface area contributed by atoms with Gasteiger partial charge in [-0.2, -0.15) is 0 Å². The van der Waals surface area contributed by atoms with Crippen LogP contribution in [0.3, 0.4) is 0 Å². The fourth-order valence-corrected chi connectivity index (χ4v) is 0.824. The lowest BCUT2D eigenvalue weighted by molar-refractivity contribution is 0.110. The number of aldehydes is 1. The summed E-state index contributed by atoms with van der Waals surface area (Å²) >= 11 is 0. The second-order valence-electron chi connectivity index (χ2n) is 2.12. The summed E-state index contributed by atoms with van der Waals surface area (Å²) in [5, 5.41) is 0. The number of rotatable bonds is 2. The molecule has 12 heavy (non-hydrogen) atoms. The van der Waals surface area contributed by atoms with Gasteiger partial charge in [0.25, 0.3) is 6.43 Å². The molecule has 0 aliphatic rings. The van der Waals surface area contributed by atoms with Gasteiger partial charge in [0.15, 0.2) is 6.29 Å². The normalized spacial score (nSPS) is 10.2. The maximum atomic E-state index is 12.2. The third-order valence-corrected chi connectivity index (χ3v) is 1.41. The molecule has 0 spiro atoms. The molecule has 1 aromatic rings. The first-order valence-corrected chi connectivity index (χ1v) is 3.14. The van der Waals surface area contributed by atoms with E-state index in [-0.39, 0.29) is 23.2 Å². The van der Waals surface area contributed by atoms with E-state index in [2.05, 4.69) is 4.98 Å². The molecule has 0 atom stereocenters. The Balaban J connectivity index is 3.27. The number of hydrogen-bond acceptors (Lipinski definition) is 3. The first-order valence-electron chi connectivity index (χ1n) is 3.14. The Labute approximate surface area is 67.2 Å². The molecule has 0 amide bonds. The van der Waals surface area contributed by atoms with E-state index >= 15 is 0 Å². The van der Waals surface area contributed by atoms with Gasteiger partial charge >= 0.3 is 0 Å². The van der Waals surface area contributed by atoms with E-state index in [1.807, 2.05) is 0 Å². The molecule has 0 saturated heterocycles. The fraction of sp³-hybridized carbons (Fsp3) is 0.143. The van der Waals surface area contributed by atoms with E-state index < -0.39 is 6.43 Å². The molecule has 3 nitrogen and oxygen atoms in total. The van der Waals surface area contributed by atoms with Crippen LogP contribution in [0.1, 0.15) is 22.3 Å². The standard InChI is InChI=1S/C7H6F2N2O/c8-6(9)4-1-2-11-7(10)5(4)3-12/h1-3,6H,(H2,10,11). The van der Waals surface area contributed by atoms with Crippen molar-refractivity contribution < 1.29 is 13.6 Å². The molecule has 0 unspecified atom stereocenters. The van der Waals surface area contributed by atoms with Gasteiger partial charge in [0.1, 0.15) is 5.82 Å². The SMILES string of the molecule is Nc1nccc(C(F)F)c1C=O. The summed E-state index contributed by atoms with van der Waals surface area (Å²) in [5.41, 5.74) is 4.59. The number of nitrogen functional groups attached to an aromatic ring is 1. The van der Waals surface area contributed by atoms with E-state index in [9.17, 15) is 13.6 Å². The van der Waals surface area contributed by atoms with Gasteiger partial charge in [0, 0.05) is 11.8 Å². The summed E-state index contributed by atoms with van der Waals surface area (Å²) < 4.78 is 24.3. The lowest BCUT2D eigenvalue weighted by atomic mass is 10.1. The van der Waals surface area contributed by atoms with Crippen molar-refractivity contribution in [1.82, 2.24) is 4.98 Å². The van der Waals surface area contributed by atoms with Crippen LogP contribution >= 0.6 is 0 Å². The highest BCUT2D eigenvalue weighted by molar-refractivity contribution is 5.83. The van der Waals surface area contributed by atoms with Gasteiger partial charge in [-0.3, -0.25) is 4.79 Å². The van der Waals surface area contributed by atoms with E-state index in [1.165, 1.54) is 0 Å². The van der Waals surface area contributed by atoms with Crippen LogP contribution in [-0.2, 0) is 0 Å². The summed E-state index contributed by atoms with van der Waals surface area (Å²) in [5.74, 6) is -0.164. The number of hydrogen-bond donors (Lipinski definition) is 1. The first kappa shape index (κ1) is 8.58. The van der Waals surface area contributed by atoms with Crippen LogP contribution in [0, 0.1) is 0 Å². The molecule has 0 saturated carbocycles. The summed E-state index contributed by atoms with van der Waals surface area (Å²) in [6.45, 7) is 0. The zero-order chi connectivity index (χ0) is 9.14. The number of nitrogens with zero attached hydrogens (tertiary/aromatic N) is 1. The highest BCUT2D eigenvalue weighted by Gasteiger charge is 2.14. The molecular formula is C7H6F2N2O.